The average molecular weight is 265 g/mol. The van der Waals surface area contributed by atoms with Crippen molar-refractivity contribution in [3.8, 4) is 5.75 Å². The Morgan fingerprint density at radius 3 is 2.42 bits per heavy atom. The Labute approximate surface area is 114 Å². The number of nitrogens with two attached hydrogens (primary N) is 1. The van der Waals surface area contributed by atoms with Gasteiger partial charge in [0.05, 0.1) is 7.11 Å². The zero-order chi connectivity index (χ0) is 14.5. The third kappa shape index (κ3) is 4.79. The van der Waals surface area contributed by atoms with Gasteiger partial charge >= 0.3 is 6.03 Å². The van der Waals surface area contributed by atoms with E-state index in [2.05, 4.69) is 5.32 Å². The maximum Gasteiger partial charge on any atom is 0.321 e. The monoisotopic (exact) mass is 265 g/mol. The molecule has 1 aromatic rings. The Hall–Kier alpha value is -1.75. The fourth-order valence-electron chi connectivity index (χ4n) is 1.67. The van der Waals surface area contributed by atoms with E-state index >= 15 is 0 Å². The third-order valence-corrected chi connectivity index (χ3v) is 2.91. The van der Waals surface area contributed by atoms with Gasteiger partial charge < -0.3 is 20.7 Å². The molecule has 3 N–H and O–H groups in total. The molecule has 0 bridgehead atoms. The third-order valence-electron chi connectivity index (χ3n) is 2.91. The molecule has 0 saturated heterocycles. The number of carbonyl (C=O) groups is 1. The number of nitrogens with one attached hydrogen (secondary N) is 1. The van der Waals surface area contributed by atoms with E-state index in [9.17, 15) is 4.79 Å². The summed E-state index contributed by atoms with van der Waals surface area (Å²) in [5.74, 6) is 0.760. The molecule has 0 radical (unpaired) electrons. The van der Waals surface area contributed by atoms with Gasteiger partial charge in [0, 0.05) is 19.3 Å². The molecule has 1 aromatic carbocycles. The summed E-state index contributed by atoms with van der Waals surface area (Å²) in [5.41, 5.74) is 6.31. The fourth-order valence-corrected chi connectivity index (χ4v) is 1.67. The average Bonchev–Trinajstić information content (AvgIpc) is 2.39. The number of carbonyl (C=O) groups excluding carboxylic acids is 1. The van der Waals surface area contributed by atoms with E-state index in [0.717, 1.165) is 11.4 Å². The maximum absolute atomic E-state index is 12.0. The van der Waals surface area contributed by atoms with Crippen LogP contribution in [0.1, 0.15) is 13.8 Å². The molecule has 5 nitrogen and oxygen atoms in total. The molecule has 0 spiro atoms. The zero-order valence-corrected chi connectivity index (χ0v) is 12.1. The number of urea groups is 1. The number of nitrogens with zero attached hydrogens (tertiary/aromatic N) is 1. The van der Waals surface area contributed by atoms with Crippen molar-refractivity contribution in [3.05, 3.63) is 24.3 Å². The van der Waals surface area contributed by atoms with E-state index in [-0.39, 0.29) is 11.4 Å². The van der Waals surface area contributed by atoms with Gasteiger partial charge in [-0.3, -0.25) is 0 Å². The lowest BCUT2D eigenvalue weighted by Crippen LogP contribution is -2.41. The first-order valence-corrected chi connectivity index (χ1v) is 6.24. The number of hydrogen-bond acceptors (Lipinski definition) is 3. The van der Waals surface area contributed by atoms with Gasteiger partial charge in [-0.25, -0.2) is 4.79 Å². The normalized spacial score (nSPS) is 11.0. The van der Waals surface area contributed by atoms with Crippen LogP contribution in [0.15, 0.2) is 24.3 Å². The van der Waals surface area contributed by atoms with Gasteiger partial charge in [-0.15, -0.1) is 0 Å². The molecule has 0 aromatic heterocycles. The van der Waals surface area contributed by atoms with Crippen LogP contribution in [0, 0.1) is 5.41 Å². The molecule has 19 heavy (non-hydrogen) atoms. The van der Waals surface area contributed by atoms with E-state index in [0.29, 0.717) is 13.1 Å². The SMILES string of the molecule is COc1ccc(NC(=O)N(C)CC(C)(C)CN)cc1. The van der Waals surface area contributed by atoms with Crippen molar-refractivity contribution in [1.29, 1.82) is 0 Å². The summed E-state index contributed by atoms with van der Waals surface area (Å²) in [6, 6.07) is 7.07. The molecule has 0 heterocycles. The van der Waals surface area contributed by atoms with E-state index < -0.39 is 0 Å². The van der Waals surface area contributed by atoms with E-state index in [1.54, 1.807) is 43.3 Å². The molecule has 5 heteroatoms. The van der Waals surface area contributed by atoms with Gasteiger partial charge in [-0.05, 0) is 36.2 Å². The Kier molecular flexibility index (Phi) is 5.18. The first-order valence-electron chi connectivity index (χ1n) is 6.24. The Bertz CT molecular complexity index is 415. The number of hydrogen-bond donors (Lipinski definition) is 2. The molecule has 0 saturated carbocycles. The quantitative estimate of drug-likeness (QED) is 0.857. The summed E-state index contributed by atoms with van der Waals surface area (Å²) in [4.78, 5) is 13.6. The summed E-state index contributed by atoms with van der Waals surface area (Å²) in [7, 11) is 3.37. The highest BCUT2D eigenvalue weighted by Gasteiger charge is 2.21. The van der Waals surface area contributed by atoms with Gasteiger partial charge in [-0.2, -0.15) is 0 Å². The minimum atomic E-state index is -0.147. The molecule has 0 fully saturated rings. The molecule has 0 aliphatic heterocycles. The number of amides is 2. The van der Waals surface area contributed by atoms with Gasteiger partial charge in [0.25, 0.3) is 0 Å². The summed E-state index contributed by atoms with van der Waals surface area (Å²) in [5, 5.41) is 2.83. The highest BCUT2D eigenvalue weighted by atomic mass is 16.5. The molecule has 0 unspecified atom stereocenters. The highest BCUT2D eigenvalue weighted by Crippen LogP contribution is 2.17. The molecule has 0 atom stereocenters. The van der Waals surface area contributed by atoms with Crippen LogP contribution in [0.4, 0.5) is 10.5 Å². The second kappa shape index (κ2) is 6.43. The van der Waals surface area contributed by atoms with Crippen LogP contribution in [0.2, 0.25) is 0 Å². The van der Waals surface area contributed by atoms with Crippen molar-refractivity contribution < 1.29 is 9.53 Å². The minimum absolute atomic E-state index is 0.0913. The van der Waals surface area contributed by atoms with Crippen LogP contribution >= 0.6 is 0 Å². The Morgan fingerprint density at radius 2 is 1.95 bits per heavy atom. The van der Waals surface area contributed by atoms with Crippen LogP contribution in [0.25, 0.3) is 0 Å². The second-order valence-electron chi connectivity index (χ2n) is 5.38. The smallest absolute Gasteiger partial charge is 0.321 e. The van der Waals surface area contributed by atoms with Gasteiger partial charge in [0.15, 0.2) is 0 Å². The van der Waals surface area contributed by atoms with Crippen LogP contribution in [0.3, 0.4) is 0 Å². The number of benzene rings is 1. The Morgan fingerprint density at radius 1 is 1.37 bits per heavy atom. The molecule has 0 aliphatic carbocycles. The summed E-state index contributed by atoms with van der Waals surface area (Å²) in [6.45, 7) is 5.20. The molecule has 106 valence electrons. The lowest BCUT2D eigenvalue weighted by Gasteiger charge is -2.29. The van der Waals surface area contributed by atoms with Crippen molar-refractivity contribution in [2.24, 2.45) is 11.1 Å². The molecular formula is C14H23N3O2. The van der Waals surface area contributed by atoms with Crippen molar-refractivity contribution in [2.45, 2.75) is 13.8 Å². The van der Waals surface area contributed by atoms with Crippen molar-refractivity contribution >= 4 is 11.7 Å². The number of ether oxygens (including phenoxy) is 1. The standard InChI is InChI=1S/C14H23N3O2/c1-14(2,9-15)10-17(3)13(18)16-11-5-7-12(19-4)8-6-11/h5-8H,9-10,15H2,1-4H3,(H,16,18). The molecular weight excluding hydrogens is 242 g/mol. The van der Waals surface area contributed by atoms with E-state index in [4.69, 9.17) is 10.5 Å². The first-order chi connectivity index (χ1) is 8.88. The number of rotatable bonds is 5. The number of anilines is 1. The van der Waals surface area contributed by atoms with E-state index in [1.165, 1.54) is 0 Å². The topological polar surface area (TPSA) is 67.6 Å². The predicted molar refractivity (Wildman–Crippen MR) is 77.5 cm³/mol. The van der Waals surface area contributed by atoms with Crippen LogP contribution in [0.5, 0.6) is 5.75 Å². The Balaban J connectivity index is 2.58. The van der Waals surface area contributed by atoms with Gasteiger partial charge in [0.2, 0.25) is 0 Å². The van der Waals surface area contributed by atoms with E-state index in [1.807, 2.05) is 13.8 Å². The van der Waals surface area contributed by atoms with Crippen molar-refractivity contribution in [1.82, 2.24) is 4.90 Å². The van der Waals surface area contributed by atoms with Crippen LogP contribution < -0.4 is 15.8 Å². The number of methoxy groups -OCH3 is 1. The minimum Gasteiger partial charge on any atom is -0.497 e. The van der Waals surface area contributed by atoms with Crippen molar-refractivity contribution in [3.63, 3.8) is 0 Å². The zero-order valence-electron chi connectivity index (χ0n) is 12.1. The summed E-state index contributed by atoms with van der Waals surface area (Å²) in [6.07, 6.45) is 0. The molecule has 2 amide bonds. The highest BCUT2D eigenvalue weighted by molar-refractivity contribution is 5.89. The van der Waals surface area contributed by atoms with Crippen LogP contribution in [-0.4, -0.2) is 38.2 Å². The fraction of sp³-hybridized carbons (Fsp3) is 0.500. The maximum atomic E-state index is 12.0. The first kappa shape index (κ1) is 15.3. The van der Waals surface area contributed by atoms with Gasteiger partial charge in [-0.1, -0.05) is 13.8 Å². The molecule has 0 aliphatic rings. The lowest BCUT2D eigenvalue weighted by molar-refractivity contribution is 0.197. The summed E-state index contributed by atoms with van der Waals surface area (Å²) >= 11 is 0. The van der Waals surface area contributed by atoms with Crippen molar-refractivity contribution in [2.75, 3.05) is 32.6 Å². The summed E-state index contributed by atoms with van der Waals surface area (Å²) < 4.78 is 5.07. The predicted octanol–water partition coefficient (Wildman–Crippen LogP) is 2.14. The second-order valence-corrected chi connectivity index (χ2v) is 5.38. The van der Waals surface area contributed by atoms with Crippen LogP contribution in [-0.2, 0) is 0 Å². The lowest BCUT2D eigenvalue weighted by atomic mass is 9.93. The largest absolute Gasteiger partial charge is 0.497 e. The van der Waals surface area contributed by atoms with Gasteiger partial charge in [0.1, 0.15) is 5.75 Å². The molecule has 1 rings (SSSR count).